The lowest BCUT2D eigenvalue weighted by atomic mass is 10.0. The van der Waals surface area contributed by atoms with Gasteiger partial charge in [-0.05, 0) is 29.8 Å². The monoisotopic (exact) mass is 256 g/mol. The molecule has 0 unspecified atom stereocenters. The molecule has 1 heterocycles. The highest BCUT2D eigenvalue weighted by Crippen LogP contribution is 2.34. The Morgan fingerprint density at radius 2 is 1.67 bits per heavy atom. The highest BCUT2D eigenvalue weighted by Gasteiger charge is 2.34. The summed E-state index contributed by atoms with van der Waals surface area (Å²) in [5, 5.41) is 0. The lowest BCUT2D eigenvalue weighted by molar-refractivity contribution is -0.139. The molecule has 0 saturated heterocycles. The minimum Gasteiger partial charge on any atom is -0.384 e. The number of rotatable bonds is 1. The SMILES string of the molecule is Nc1ccc(-c2ccc(F)c(C(F)(F)F)c2)cn1. The number of anilines is 1. The van der Waals surface area contributed by atoms with Crippen molar-refractivity contribution in [3.05, 3.63) is 47.9 Å². The van der Waals surface area contributed by atoms with E-state index in [1.807, 2.05) is 0 Å². The van der Waals surface area contributed by atoms with Crippen LogP contribution in [0.3, 0.4) is 0 Å². The molecule has 0 atom stereocenters. The molecule has 0 radical (unpaired) electrons. The minimum atomic E-state index is -4.72. The van der Waals surface area contributed by atoms with Gasteiger partial charge in [0.1, 0.15) is 11.6 Å². The van der Waals surface area contributed by atoms with Crippen LogP contribution in [-0.4, -0.2) is 4.98 Å². The normalized spacial score (nSPS) is 11.6. The molecular weight excluding hydrogens is 248 g/mol. The highest BCUT2D eigenvalue weighted by molar-refractivity contribution is 5.64. The van der Waals surface area contributed by atoms with E-state index in [1.165, 1.54) is 24.4 Å². The number of nitrogens with zero attached hydrogens (tertiary/aromatic N) is 1. The third-order valence-corrected chi connectivity index (χ3v) is 2.39. The maximum Gasteiger partial charge on any atom is 0.419 e. The molecule has 0 amide bonds. The van der Waals surface area contributed by atoms with Crippen molar-refractivity contribution in [2.75, 3.05) is 5.73 Å². The second-order valence-corrected chi connectivity index (χ2v) is 3.66. The average molecular weight is 256 g/mol. The van der Waals surface area contributed by atoms with Gasteiger partial charge >= 0.3 is 6.18 Å². The topological polar surface area (TPSA) is 38.9 Å². The van der Waals surface area contributed by atoms with Gasteiger partial charge in [0.15, 0.2) is 0 Å². The van der Waals surface area contributed by atoms with E-state index in [4.69, 9.17) is 5.73 Å². The summed E-state index contributed by atoms with van der Waals surface area (Å²) >= 11 is 0. The van der Waals surface area contributed by atoms with Crippen LogP contribution in [0.1, 0.15) is 5.56 Å². The Balaban J connectivity index is 2.50. The maximum atomic E-state index is 13.1. The van der Waals surface area contributed by atoms with E-state index < -0.39 is 17.6 Å². The van der Waals surface area contributed by atoms with Gasteiger partial charge in [0, 0.05) is 11.8 Å². The van der Waals surface area contributed by atoms with Gasteiger partial charge in [0.05, 0.1) is 5.56 Å². The van der Waals surface area contributed by atoms with E-state index >= 15 is 0 Å². The predicted octanol–water partition coefficient (Wildman–Crippen LogP) is 3.49. The molecule has 0 spiro atoms. The number of hydrogen-bond donors (Lipinski definition) is 1. The van der Waals surface area contributed by atoms with E-state index in [9.17, 15) is 17.6 Å². The molecule has 0 bridgehead atoms. The number of nitrogens with two attached hydrogens (primary N) is 1. The Labute approximate surface area is 100 Å². The van der Waals surface area contributed by atoms with Crippen LogP contribution in [0.2, 0.25) is 0 Å². The van der Waals surface area contributed by atoms with Crippen LogP contribution in [0.25, 0.3) is 11.1 Å². The zero-order chi connectivity index (χ0) is 13.3. The summed E-state index contributed by atoms with van der Waals surface area (Å²) in [4.78, 5) is 3.77. The van der Waals surface area contributed by atoms with Crippen molar-refractivity contribution in [1.29, 1.82) is 0 Å². The Kier molecular flexibility index (Phi) is 2.94. The first kappa shape index (κ1) is 12.3. The van der Waals surface area contributed by atoms with Gasteiger partial charge in [-0.2, -0.15) is 13.2 Å². The molecule has 18 heavy (non-hydrogen) atoms. The number of hydrogen-bond acceptors (Lipinski definition) is 2. The van der Waals surface area contributed by atoms with Gasteiger partial charge in [-0.3, -0.25) is 0 Å². The molecule has 0 aliphatic carbocycles. The average Bonchev–Trinajstić information content (AvgIpc) is 2.29. The molecule has 1 aromatic carbocycles. The number of benzene rings is 1. The van der Waals surface area contributed by atoms with E-state index in [0.29, 0.717) is 5.56 Å². The summed E-state index contributed by atoms with van der Waals surface area (Å²) in [5.41, 5.74) is 4.75. The molecule has 1 aromatic heterocycles. The lowest BCUT2D eigenvalue weighted by Crippen LogP contribution is -2.08. The Morgan fingerprint density at radius 3 is 2.22 bits per heavy atom. The first-order chi connectivity index (χ1) is 8.38. The molecule has 2 N–H and O–H groups in total. The van der Waals surface area contributed by atoms with Crippen LogP contribution in [0.4, 0.5) is 23.4 Å². The second kappa shape index (κ2) is 4.29. The summed E-state index contributed by atoms with van der Waals surface area (Å²) in [5.74, 6) is -1.04. The molecule has 2 rings (SSSR count). The number of alkyl halides is 3. The molecule has 2 nitrogen and oxygen atoms in total. The van der Waals surface area contributed by atoms with Crippen molar-refractivity contribution in [2.24, 2.45) is 0 Å². The molecule has 0 saturated carbocycles. The van der Waals surface area contributed by atoms with Crippen molar-refractivity contribution in [2.45, 2.75) is 6.18 Å². The first-order valence-corrected chi connectivity index (χ1v) is 4.96. The van der Waals surface area contributed by atoms with Gasteiger partial charge in [-0.25, -0.2) is 9.37 Å². The number of pyridine rings is 1. The maximum absolute atomic E-state index is 13.1. The summed E-state index contributed by atoms with van der Waals surface area (Å²) in [7, 11) is 0. The van der Waals surface area contributed by atoms with Crippen LogP contribution in [0.5, 0.6) is 0 Å². The van der Waals surface area contributed by atoms with E-state index in [1.54, 1.807) is 0 Å². The van der Waals surface area contributed by atoms with Gasteiger partial charge < -0.3 is 5.73 Å². The first-order valence-electron chi connectivity index (χ1n) is 4.96. The summed E-state index contributed by atoms with van der Waals surface area (Å²) in [6, 6.07) is 5.79. The fourth-order valence-electron chi connectivity index (χ4n) is 1.50. The zero-order valence-electron chi connectivity index (χ0n) is 9.00. The van der Waals surface area contributed by atoms with Crippen molar-refractivity contribution < 1.29 is 17.6 Å². The molecule has 0 aliphatic rings. The smallest absolute Gasteiger partial charge is 0.384 e. The van der Waals surface area contributed by atoms with Crippen molar-refractivity contribution >= 4 is 5.82 Å². The number of aromatic nitrogens is 1. The van der Waals surface area contributed by atoms with Crippen LogP contribution < -0.4 is 5.73 Å². The van der Waals surface area contributed by atoms with Crippen LogP contribution >= 0.6 is 0 Å². The number of nitrogen functional groups attached to an aromatic ring is 1. The quantitative estimate of drug-likeness (QED) is 0.793. The molecule has 0 aliphatic heterocycles. The van der Waals surface area contributed by atoms with Crippen molar-refractivity contribution in [1.82, 2.24) is 4.98 Å². The van der Waals surface area contributed by atoms with Crippen molar-refractivity contribution in [3.8, 4) is 11.1 Å². The van der Waals surface area contributed by atoms with Crippen LogP contribution in [-0.2, 0) is 6.18 Å². The standard InChI is InChI=1S/C12H8F4N2/c13-10-3-1-7(5-9(10)12(14,15)16)8-2-4-11(17)18-6-8/h1-6H,(H2,17,18). The summed E-state index contributed by atoms with van der Waals surface area (Å²) in [6.45, 7) is 0. The largest absolute Gasteiger partial charge is 0.419 e. The fraction of sp³-hybridized carbons (Fsp3) is 0.0833. The highest BCUT2D eigenvalue weighted by atomic mass is 19.4. The Hall–Kier alpha value is -2.11. The van der Waals surface area contributed by atoms with Crippen molar-refractivity contribution in [3.63, 3.8) is 0 Å². The summed E-state index contributed by atoms with van der Waals surface area (Å²) < 4.78 is 50.7. The second-order valence-electron chi connectivity index (χ2n) is 3.66. The Bertz CT molecular complexity index is 561. The van der Waals surface area contributed by atoms with E-state index in [0.717, 1.165) is 12.1 Å². The van der Waals surface area contributed by atoms with E-state index in [-0.39, 0.29) is 11.4 Å². The Morgan fingerprint density at radius 1 is 1.00 bits per heavy atom. The molecule has 6 heteroatoms. The van der Waals surface area contributed by atoms with Gasteiger partial charge in [-0.1, -0.05) is 6.07 Å². The molecule has 94 valence electrons. The number of halogens is 4. The zero-order valence-corrected chi connectivity index (χ0v) is 9.00. The molecule has 0 fully saturated rings. The molecular formula is C12H8F4N2. The van der Waals surface area contributed by atoms with Gasteiger partial charge in [0.2, 0.25) is 0 Å². The summed E-state index contributed by atoms with van der Waals surface area (Å²) in [6.07, 6.45) is -3.38. The molecule has 2 aromatic rings. The fourth-order valence-corrected chi connectivity index (χ4v) is 1.50. The minimum absolute atomic E-state index is 0.233. The predicted molar refractivity (Wildman–Crippen MR) is 59.0 cm³/mol. The van der Waals surface area contributed by atoms with Gasteiger partial charge in [-0.15, -0.1) is 0 Å². The lowest BCUT2D eigenvalue weighted by Gasteiger charge is -2.10. The van der Waals surface area contributed by atoms with Gasteiger partial charge in [0.25, 0.3) is 0 Å². The van der Waals surface area contributed by atoms with Crippen LogP contribution in [0, 0.1) is 5.82 Å². The third kappa shape index (κ3) is 2.42. The third-order valence-electron chi connectivity index (χ3n) is 2.39. The van der Waals surface area contributed by atoms with Crippen LogP contribution in [0.15, 0.2) is 36.5 Å². The van der Waals surface area contributed by atoms with E-state index in [2.05, 4.69) is 4.98 Å².